The maximum Gasteiger partial charge on any atom is 0.221 e. The normalized spacial score (nSPS) is 17.5. The summed E-state index contributed by atoms with van der Waals surface area (Å²) in [5.74, 6) is 1.08. The molecule has 1 aliphatic carbocycles. The van der Waals surface area contributed by atoms with Crippen molar-refractivity contribution in [1.82, 2.24) is 5.32 Å². The first-order valence-corrected chi connectivity index (χ1v) is 7.72. The molecule has 0 aromatic carbocycles. The molecular weight excluding hydrogens is 264 g/mol. The summed E-state index contributed by atoms with van der Waals surface area (Å²) >= 11 is 0. The van der Waals surface area contributed by atoms with Crippen LogP contribution in [-0.4, -0.2) is 25.1 Å². The zero-order chi connectivity index (χ0) is 15.7. The molecule has 2 unspecified atom stereocenters. The lowest BCUT2D eigenvalue weighted by atomic mass is 10.1. The molecule has 4 heteroatoms. The number of nitrogens with two attached hydrogens (primary N) is 1. The number of carbonyl (C=O) groups excluding carboxylic acids is 1. The molecule has 0 fully saturated rings. The third-order valence-corrected chi connectivity index (χ3v) is 3.49. The van der Waals surface area contributed by atoms with Crippen molar-refractivity contribution in [2.45, 2.75) is 46.1 Å². The fourth-order valence-corrected chi connectivity index (χ4v) is 1.93. The van der Waals surface area contributed by atoms with Crippen LogP contribution in [0, 0.1) is 5.92 Å². The van der Waals surface area contributed by atoms with E-state index in [2.05, 4.69) is 26.1 Å². The Morgan fingerprint density at radius 3 is 2.86 bits per heavy atom. The molecule has 1 aliphatic rings. The second-order valence-electron chi connectivity index (χ2n) is 5.76. The van der Waals surface area contributed by atoms with E-state index in [0.717, 1.165) is 30.7 Å². The topological polar surface area (TPSA) is 64.3 Å². The molecule has 0 bridgehead atoms. The van der Waals surface area contributed by atoms with Crippen molar-refractivity contribution >= 4 is 5.91 Å². The van der Waals surface area contributed by atoms with Gasteiger partial charge in [0.2, 0.25) is 5.91 Å². The highest BCUT2D eigenvalue weighted by Gasteiger charge is 2.07. The molecule has 0 aromatic heterocycles. The van der Waals surface area contributed by atoms with Gasteiger partial charge in [-0.05, 0) is 25.0 Å². The highest BCUT2D eigenvalue weighted by atomic mass is 16.5. The third kappa shape index (κ3) is 7.71. The van der Waals surface area contributed by atoms with Crippen LogP contribution in [0.25, 0.3) is 0 Å². The number of ether oxygens (including phenoxy) is 1. The number of carbonyl (C=O) groups is 1. The van der Waals surface area contributed by atoms with Crippen molar-refractivity contribution in [3.63, 3.8) is 0 Å². The lowest BCUT2D eigenvalue weighted by Gasteiger charge is -2.17. The van der Waals surface area contributed by atoms with Crippen molar-refractivity contribution in [1.29, 1.82) is 0 Å². The van der Waals surface area contributed by atoms with E-state index in [-0.39, 0.29) is 12.3 Å². The summed E-state index contributed by atoms with van der Waals surface area (Å²) in [4.78, 5) is 10.9. The van der Waals surface area contributed by atoms with Crippen molar-refractivity contribution in [3.8, 4) is 0 Å². The molecule has 0 radical (unpaired) electrons. The van der Waals surface area contributed by atoms with Gasteiger partial charge in [0.25, 0.3) is 0 Å². The van der Waals surface area contributed by atoms with Gasteiger partial charge >= 0.3 is 0 Å². The minimum atomic E-state index is -0.312. The highest BCUT2D eigenvalue weighted by molar-refractivity contribution is 5.77. The lowest BCUT2D eigenvalue weighted by Crippen LogP contribution is -2.31. The van der Waals surface area contributed by atoms with Crippen LogP contribution < -0.4 is 11.1 Å². The van der Waals surface area contributed by atoms with E-state index >= 15 is 0 Å². The number of nitrogens with one attached hydrogen (secondary N) is 1. The smallest absolute Gasteiger partial charge is 0.221 e. The molecule has 0 saturated heterocycles. The molecule has 0 aromatic rings. The standard InChI is InChI=1S/C17H28N2O2/c1-4-14(3)19-11-13(2)12-21-16-7-5-6-15(8-9-16)10-17(18)20/h5-6,8-9,13-14,19H,4,7,10-12H2,1-3H3,(H2,18,20). The lowest BCUT2D eigenvalue weighted by molar-refractivity contribution is -0.117. The Kier molecular flexibility index (Phi) is 7.83. The van der Waals surface area contributed by atoms with Crippen LogP contribution in [0.2, 0.25) is 0 Å². The molecule has 21 heavy (non-hydrogen) atoms. The Labute approximate surface area is 128 Å². The van der Waals surface area contributed by atoms with Crippen LogP contribution in [-0.2, 0) is 9.53 Å². The van der Waals surface area contributed by atoms with Crippen LogP contribution in [0.3, 0.4) is 0 Å². The second-order valence-corrected chi connectivity index (χ2v) is 5.76. The largest absolute Gasteiger partial charge is 0.497 e. The summed E-state index contributed by atoms with van der Waals surface area (Å²) in [6.07, 6.45) is 9.96. The second kappa shape index (κ2) is 9.40. The van der Waals surface area contributed by atoms with E-state index < -0.39 is 0 Å². The van der Waals surface area contributed by atoms with Crippen LogP contribution in [0.4, 0.5) is 0 Å². The fourth-order valence-electron chi connectivity index (χ4n) is 1.93. The van der Waals surface area contributed by atoms with Crippen molar-refractivity contribution in [3.05, 3.63) is 35.6 Å². The molecule has 3 N–H and O–H groups in total. The van der Waals surface area contributed by atoms with Crippen molar-refractivity contribution < 1.29 is 9.53 Å². The number of primary amides is 1. The first-order valence-electron chi connectivity index (χ1n) is 7.72. The SMILES string of the molecule is CCC(C)NCC(C)COC1=CC=C(CC(N)=O)C=CC1. The molecule has 4 nitrogen and oxygen atoms in total. The quantitative estimate of drug-likeness (QED) is 0.686. The van der Waals surface area contributed by atoms with E-state index in [9.17, 15) is 4.79 Å². The van der Waals surface area contributed by atoms with Gasteiger partial charge < -0.3 is 15.8 Å². The Balaban J connectivity index is 2.38. The molecule has 118 valence electrons. The van der Waals surface area contributed by atoms with Crippen LogP contribution in [0.15, 0.2) is 35.6 Å². The molecule has 0 saturated carbocycles. The van der Waals surface area contributed by atoms with E-state index in [1.54, 1.807) is 0 Å². The van der Waals surface area contributed by atoms with Crippen molar-refractivity contribution in [2.24, 2.45) is 11.7 Å². The van der Waals surface area contributed by atoms with E-state index in [1.807, 2.05) is 24.3 Å². The van der Waals surface area contributed by atoms with Crippen LogP contribution in [0.5, 0.6) is 0 Å². The predicted molar refractivity (Wildman–Crippen MR) is 86.6 cm³/mol. The van der Waals surface area contributed by atoms with Gasteiger partial charge in [-0.2, -0.15) is 0 Å². The molecule has 0 aliphatic heterocycles. The van der Waals surface area contributed by atoms with Crippen molar-refractivity contribution in [2.75, 3.05) is 13.2 Å². The summed E-state index contributed by atoms with van der Waals surface area (Å²) in [5.41, 5.74) is 6.13. The van der Waals surface area contributed by atoms with Gasteiger partial charge in [0.15, 0.2) is 0 Å². The highest BCUT2D eigenvalue weighted by Crippen LogP contribution is 2.15. The van der Waals surface area contributed by atoms with Gasteiger partial charge in [0.1, 0.15) is 0 Å². The predicted octanol–water partition coefficient (Wildman–Crippen LogP) is 2.67. The van der Waals surface area contributed by atoms with Gasteiger partial charge in [-0.1, -0.05) is 32.1 Å². The van der Waals surface area contributed by atoms with Crippen LogP contribution >= 0.6 is 0 Å². The Hall–Kier alpha value is -1.55. The molecule has 0 spiro atoms. The monoisotopic (exact) mass is 292 g/mol. The van der Waals surface area contributed by atoms with Gasteiger partial charge in [-0.25, -0.2) is 0 Å². The summed E-state index contributed by atoms with van der Waals surface area (Å²) in [7, 11) is 0. The van der Waals surface area contributed by atoms with E-state index in [1.165, 1.54) is 0 Å². The first-order chi connectivity index (χ1) is 10.0. The molecule has 1 amide bonds. The minimum Gasteiger partial charge on any atom is -0.497 e. The zero-order valence-electron chi connectivity index (χ0n) is 13.4. The van der Waals surface area contributed by atoms with Gasteiger partial charge in [-0.3, -0.25) is 4.79 Å². The molecule has 2 atom stereocenters. The summed E-state index contributed by atoms with van der Waals surface area (Å²) in [5, 5.41) is 3.48. The number of amides is 1. The number of hydrogen-bond donors (Lipinski definition) is 2. The van der Waals surface area contributed by atoms with Gasteiger partial charge in [-0.15, -0.1) is 0 Å². The third-order valence-electron chi connectivity index (χ3n) is 3.49. The summed E-state index contributed by atoms with van der Waals surface area (Å²) in [6.45, 7) is 8.20. The Morgan fingerprint density at radius 1 is 1.43 bits per heavy atom. The summed E-state index contributed by atoms with van der Waals surface area (Å²) < 4.78 is 5.85. The fraction of sp³-hybridized carbons (Fsp3) is 0.588. The number of allylic oxidation sites excluding steroid dienone is 4. The van der Waals surface area contributed by atoms with Gasteiger partial charge in [0, 0.05) is 24.9 Å². The Morgan fingerprint density at radius 2 is 2.19 bits per heavy atom. The van der Waals surface area contributed by atoms with E-state index in [4.69, 9.17) is 10.5 Å². The van der Waals surface area contributed by atoms with Crippen LogP contribution in [0.1, 0.15) is 40.0 Å². The molecule has 0 heterocycles. The molecular formula is C17H28N2O2. The first kappa shape index (κ1) is 17.5. The maximum absolute atomic E-state index is 10.9. The zero-order valence-corrected chi connectivity index (χ0v) is 13.4. The average Bonchev–Trinajstić information content (AvgIpc) is 2.67. The average molecular weight is 292 g/mol. The summed E-state index contributed by atoms with van der Waals surface area (Å²) in [6, 6.07) is 0.548. The van der Waals surface area contributed by atoms with E-state index in [0.29, 0.717) is 18.6 Å². The minimum absolute atomic E-state index is 0.273. The maximum atomic E-state index is 10.9. The Bertz CT molecular complexity index is 425. The number of hydrogen-bond acceptors (Lipinski definition) is 3. The molecule has 1 rings (SSSR count). The number of rotatable bonds is 9. The van der Waals surface area contributed by atoms with Gasteiger partial charge in [0.05, 0.1) is 18.8 Å².